The summed E-state index contributed by atoms with van der Waals surface area (Å²) in [6.45, 7) is 4.52. The van der Waals surface area contributed by atoms with Crippen molar-refractivity contribution in [1.29, 1.82) is 0 Å². The second kappa shape index (κ2) is 71.1. The average molecular weight is 1420 g/mol. The van der Waals surface area contributed by atoms with Gasteiger partial charge in [-0.05, 0) is 109 Å². The third-order valence-corrected chi connectivity index (χ3v) is 17.7. The van der Waals surface area contributed by atoms with Gasteiger partial charge in [-0.1, -0.05) is 285 Å². The van der Waals surface area contributed by atoms with Crippen LogP contribution in [-0.4, -0.2) is 96.7 Å². The van der Waals surface area contributed by atoms with Gasteiger partial charge in [0.1, 0.15) is 19.3 Å². The topological polar surface area (TPSA) is 237 Å². The van der Waals surface area contributed by atoms with Gasteiger partial charge >= 0.3 is 39.5 Å². The van der Waals surface area contributed by atoms with Crippen LogP contribution in [0.5, 0.6) is 0 Å². The molecule has 17 nitrogen and oxygen atoms in total. The largest absolute Gasteiger partial charge is 0.472 e. The summed E-state index contributed by atoms with van der Waals surface area (Å²) in [6, 6.07) is 0. The number of phosphoric ester groups is 2. The van der Waals surface area contributed by atoms with E-state index in [-0.39, 0.29) is 25.7 Å². The quantitative estimate of drug-likeness (QED) is 0.0169. The second-order valence-electron chi connectivity index (χ2n) is 25.2. The number of unbranched alkanes of at least 4 members (excludes halogenated alkanes) is 28. The molecule has 5 unspecified atom stereocenters. The molecule has 0 aliphatic rings. The average Bonchev–Trinajstić information content (AvgIpc) is 0.985. The molecule has 3 N–H and O–H groups in total. The Morgan fingerprint density at radius 3 is 0.918 bits per heavy atom. The number of ether oxygens (including phenoxy) is 4. The summed E-state index contributed by atoms with van der Waals surface area (Å²) in [6.07, 6.45) is 75.4. The first-order chi connectivity index (χ1) is 47.7. The first kappa shape index (κ1) is 93.7. The summed E-state index contributed by atoms with van der Waals surface area (Å²) in [5, 5.41) is 10.6. The SMILES string of the molecule is CC/C=C\C/C=C\C/C=C\C/C=C\C/C=C\CC(=O)OCC(COP(=O)(O)OCC(O)COP(=O)(O)OCC(COC(=O)CCCCCCCCC/C=C\C/C=C\C/C=C\CC)OC(=O)CCCCCCC/C=C\CCCCCCCC)OC(=O)CCCCCCCCCCCCC. The molecule has 0 heterocycles. The van der Waals surface area contributed by atoms with Crippen molar-refractivity contribution in [2.75, 3.05) is 39.6 Å². The zero-order chi connectivity index (χ0) is 71.8. The van der Waals surface area contributed by atoms with Gasteiger partial charge in [0.2, 0.25) is 0 Å². The maximum atomic E-state index is 13.1. The fraction of sp³-hybridized carbons (Fsp3) is 0.722. The van der Waals surface area contributed by atoms with Crippen molar-refractivity contribution < 1.29 is 80.2 Å². The number of hydrogen-bond donors (Lipinski definition) is 3. The van der Waals surface area contributed by atoms with Crippen LogP contribution >= 0.6 is 15.6 Å². The molecule has 0 saturated carbocycles. The van der Waals surface area contributed by atoms with Crippen LogP contribution in [0.4, 0.5) is 0 Å². The predicted octanol–water partition coefficient (Wildman–Crippen LogP) is 21.8. The smallest absolute Gasteiger partial charge is 0.462 e. The van der Waals surface area contributed by atoms with Crippen LogP contribution in [-0.2, 0) is 65.4 Å². The minimum Gasteiger partial charge on any atom is -0.462 e. The van der Waals surface area contributed by atoms with Gasteiger partial charge < -0.3 is 33.8 Å². The molecular formula is C79H136O17P2. The fourth-order valence-electron chi connectivity index (χ4n) is 10.0. The lowest BCUT2D eigenvalue weighted by molar-refractivity contribution is -0.161. The number of hydrogen-bond acceptors (Lipinski definition) is 15. The van der Waals surface area contributed by atoms with Crippen molar-refractivity contribution in [2.24, 2.45) is 0 Å². The molecule has 98 heavy (non-hydrogen) atoms. The molecule has 0 bridgehead atoms. The van der Waals surface area contributed by atoms with Crippen LogP contribution in [0.3, 0.4) is 0 Å². The number of esters is 4. The van der Waals surface area contributed by atoms with E-state index in [9.17, 15) is 43.2 Å². The molecule has 5 atom stereocenters. The third-order valence-electron chi connectivity index (χ3n) is 15.8. The van der Waals surface area contributed by atoms with Crippen LogP contribution in [0.2, 0.25) is 0 Å². The van der Waals surface area contributed by atoms with E-state index in [4.69, 9.17) is 37.0 Å². The Morgan fingerprint density at radius 2 is 0.571 bits per heavy atom. The molecule has 19 heteroatoms. The van der Waals surface area contributed by atoms with Gasteiger partial charge in [-0.15, -0.1) is 0 Å². The van der Waals surface area contributed by atoms with E-state index in [1.165, 1.54) is 77.0 Å². The Balaban J connectivity index is 5.39. The van der Waals surface area contributed by atoms with Crippen molar-refractivity contribution in [3.8, 4) is 0 Å². The van der Waals surface area contributed by atoms with Crippen LogP contribution in [0, 0.1) is 0 Å². The van der Waals surface area contributed by atoms with E-state index in [1.54, 1.807) is 6.08 Å². The van der Waals surface area contributed by atoms with E-state index < -0.39 is 97.5 Å². The Hall–Kier alpha value is -4.28. The number of aliphatic hydroxyl groups excluding tert-OH is 1. The predicted molar refractivity (Wildman–Crippen MR) is 399 cm³/mol. The van der Waals surface area contributed by atoms with Gasteiger partial charge in [0, 0.05) is 19.3 Å². The van der Waals surface area contributed by atoms with Crippen LogP contribution in [0.25, 0.3) is 0 Å². The summed E-state index contributed by atoms with van der Waals surface area (Å²) >= 11 is 0. The maximum Gasteiger partial charge on any atom is 0.472 e. The van der Waals surface area contributed by atoms with Crippen molar-refractivity contribution in [3.05, 3.63) is 109 Å². The lowest BCUT2D eigenvalue weighted by atomic mass is 10.1. The number of allylic oxidation sites excluding steroid dienone is 17. The molecule has 564 valence electrons. The number of phosphoric acid groups is 2. The highest BCUT2D eigenvalue weighted by atomic mass is 31.2. The Labute approximate surface area is 594 Å². The zero-order valence-corrected chi connectivity index (χ0v) is 63.2. The van der Waals surface area contributed by atoms with Crippen LogP contribution < -0.4 is 0 Å². The summed E-state index contributed by atoms with van der Waals surface area (Å²) in [7, 11) is -9.97. The normalized spacial score (nSPS) is 14.6. The highest BCUT2D eigenvalue weighted by Crippen LogP contribution is 2.45. The maximum absolute atomic E-state index is 13.1. The van der Waals surface area contributed by atoms with Gasteiger partial charge in [0.05, 0.1) is 32.8 Å². The first-order valence-electron chi connectivity index (χ1n) is 38.1. The third kappa shape index (κ3) is 70.2. The van der Waals surface area contributed by atoms with E-state index in [0.29, 0.717) is 25.7 Å². The molecule has 0 aliphatic carbocycles. The van der Waals surface area contributed by atoms with Crippen LogP contribution in [0.15, 0.2) is 109 Å². The zero-order valence-electron chi connectivity index (χ0n) is 61.4. The van der Waals surface area contributed by atoms with E-state index in [1.807, 2.05) is 18.2 Å². The molecule has 0 aromatic rings. The lowest BCUT2D eigenvalue weighted by Crippen LogP contribution is -2.30. The molecule has 0 aliphatic heterocycles. The van der Waals surface area contributed by atoms with Gasteiger partial charge in [0.25, 0.3) is 0 Å². The molecular weight excluding hydrogens is 1280 g/mol. The number of carbonyl (C=O) groups is 4. The van der Waals surface area contributed by atoms with E-state index >= 15 is 0 Å². The summed E-state index contributed by atoms with van der Waals surface area (Å²) in [4.78, 5) is 72.7. The Kier molecular flexibility index (Phi) is 68.0. The molecule has 0 spiro atoms. The molecule has 0 fully saturated rings. The molecule has 0 rings (SSSR count). The van der Waals surface area contributed by atoms with Gasteiger partial charge in [0.15, 0.2) is 12.2 Å². The summed E-state index contributed by atoms with van der Waals surface area (Å²) in [5.74, 6) is -2.33. The van der Waals surface area contributed by atoms with Gasteiger partial charge in [-0.25, -0.2) is 9.13 Å². The van der Waals surface area contributed by atoms with Crippen molar-refractivity contribution >= 4 is 39.5 Å². The lowest BCUT2D eigenvalue weighted by Gasteiger charge is -2.21. The molecule has 0 aromatic carbocycles. The standard InChI is InChI=1S/C79H136O17P2/c1-5-9-13-17-21-25-29-32-35-36-39-41-45-48-52-56-60-64-77(82)90-70-75(96-79(84)66-62-58-54-50-46-42-38-34-31-27-23-19-15-11-7-3)72-94-98(87,88)92-68-73(80)67-91-97(85,86)93-71-74(95-78(83)65-61-57-53-49-43-28-24-20-16-12-8-4)69-89-76(81)63-59-55-51-47-44-40-37-33-30-26-22-18-14-10-6-2/h9-10,13-14,21-22,25-26,32-35,37-38,44,47,55,59,73-75,80H,5-8,11-12,15-20,23-24,27-31,36,39-43,45-46,48-54,56-58,60-72H2,1-4H3,(H,85,86)(H,87,88)/b13-9-,14-10-,25-21-,26-22-,35-32-,37-33-,38-34-,47-44-,59-55-. The number of aliphatic hydroxyl groups is 1. The highest BCUT2D eigenvalue weighted by Gasteiger charge is 2.30. The second-order valence-corrected chi connectivity index (χ2v) is 28.1. The molecule has 0 aromatic heterocycles. The van der Waals surface area contributed by atoms with E-state index in [0.717, 1.165) is 154 Å². The van der Waals surface area contributed by atoms with Crippen molar-refractivity contribution in [1.82, 2.24) is 0 Å². The Bertz CT molecular complexity index is 2290. The first-order valence-corrected chi connectivity index (χ1v) is 41.1. The van der Waals surface area contributed by atoms with Crippen molar-refractivity contribution in [3.63, 3.8) is 0 Å². The van der Waals surface area contributed by atoms with E-state index in [2.05, 4.69) is 113 Å². The Morgan fingerprint density at radius 1 is 0.306 bits per heavy atom. The molecule has 0 saturated heterocycles. The fourth-order valence-corrected chi connectivity index (χ4v) is 11.6. The summed E-state index contributed by atoms with van der Waals surface area (Å²) in [5.41, 5.74) is 0. The number of rotatable bonds is 71. The minimum absolute atomic E-state index is 0.0696. The molecule has 0 amide bonds. The van der Waals surface area contributed by atoms with Gasteiger partial charge in [-0.3, -0.25) is 37.3 Å². The summed E-state index contributed by atoms with van der Waals surface area (Å²) < 4.78 is 68.3. The van der Waals surface area contributed by atoms with Crippen molar-refractivity contribution in [2.45, 2.75) is 329 Å². The number of carbonyl (C=O) groups excluding carboxylic acids is 4. The molecule has 0 radical (unpaired) electrons. The minimum atomic E-state index is -4.99. The monoisotopic (exact) mass is 1420 g/mol. The highest BCUT2D eigenvalue weighted by molar-refractivity contribution is 7.47. The van der Waals surface area contributed by atoms with Gasteiger partial charge in [-0.2, -0.15) is 0 Å². The van der Waals surface area contributed by atoms with Crippen LogP contribution in [0.1, 0.15) is 310 Å².